The minimum absolute atomic E-state index is 0.459. The minimum atomic E-state index is 0.459. The zero-order chi connectivity index (χ0) is 13.1. The van der Waals surface area contributed by atoms with Gasteiger partial charge < -0.3 is 0 Å². The number of rotatable bonds is 2. The average Bonchev–Trinajstić information content (AvgIpc) is 2.48. The summed E-state index contributed by atoms with van der Waals surface area (Å²) in [5, 5.41) is 0. The van der Waals surface area contributed by atoms with Crippen molar-refractivity contribution in [3.05, 3.63) is 71.9 Å². The average molecular weight is 244 g/mol. The van der Waals surface area contributed by atoms with Gasteiger partial charge in [-0.25, -0.2) is 0 Å². The van der Waals surface area contributed by atoms with Crippen LogP contribution in [0.5, 0.6) is 0 Å². The fraction of sp³-hybridized carbons (Fsp3) is 0.222. The summed E-state index contributed by atoms with van der Waals surface area (Å²) in [6, 6.07) is 6.46. The molecular formula is C18H17B. The van der Waals surface area contributed by atoms with Gasteiger partial charge in [0.25, 0.3) is 0 Å². The van der Waals surface area contributed by atoms with Crippen LogP contribution in [-0.4, -0.2) is 7.85 Å². The maximum absolute atomic E-state index is 6.08. The summed E-state index contributed by atoms with van der Waals surface area (Å²) in [7, 11) is 6.08. The highest BCUT2D eigenvalue weighted by Gasteiger charge is 2.11. The van der Waals surface area contributed by atoms with E-state index in [1.165, 1.54) is 16.7 Å². The molecule has 92 valence electrons. The van der Waals surface area contributed by atoms with E-state index in [1.807, 2.05) is 0 Å². The van der Waals surface area contributed by atoms with Crippen molar-refractivity contribution >= 4 is 18.9 Å². The highest BCUT2D eigenvalue weighted by Crippen LogP contribution is 2.28. The van der Waals surface area contributed by atoms with Crippen molar-refractivity contribution in [1.29, 1.82) is 0 Å². The van der Waals surface area contributed by atoms with Crippen LogP contribution < -0.4 is 5.46 Å². The third kappa shape index (κ3) is 2.81. The summed E-state index contributed by atoms with van der Waals surface area (Å²) in [5.74, 6) is 0.459. The lowest BCUT2D eigenvalue weighted by atomic mass is 9.83. The molecule has 0 spiro atoms. The van der Waals surface area contributed by atoms with Gasteiger partial charge in [0, 0.05) is 5.92 Å². The monoisotopic (exact) mass is 244 g/mol. The van der Waals surface area contributed by atoms with Crippen molar-refractivity contribution in [1.82, 2.24) is 0 Å². The van der Waals surface area contributed by atoms with Crippen LogP contribution in [0.4, 0.5) is 0 Å². The molecule has 0 fully saturated rings. The standard InChI is InChI=1S/C18H17B/c19-18-12-16(14-7-3-1-4-8-14)11-17(13-18)15-9-5-2-6-10-15/h1,3-5,7,9-14H,2,6,8H2. The molecule has 1 heteroatoms. The molecule has 0 aromatic heterocycles. The Labute approximate surface area is 116 Å². The predicted octanol–water partition coefficient (Wildman–Crippen LogP) is 3.81. The Bertz CT molecular complexity index is 588. The minimum Gasteiger partial charge on any atom is -0.0958 e. The summed E-state index contributed by atoms with van der Waals surface area (Å²) in [6.07, 6.45) is 18.8. The van der Waals surface area contributed by atoms with Crippen molar-refractivity contribution in [3.8, 4) is 0 Å². The zero-order valence-corrected chi connectivity index (χ0v) is 11.0. The van der Waals surface area contributed by atoms with E-state index in [0.29, 0.717) is 5.92 Å². The van der Waals surface area contributed by atoms with Crippen LogP contribution in [0.3, 0.4) is 0 Å². The van der Waals surface area contributed by atoms with E-state index in [2.05, 4.69) is 60.7 Å². The molecule has 0 N–H and O–H groups in total. The molecule has 0 saturated heterocycles. The Hall–Kier alpha value is -1.76. The first-order valence-corrected chi connectivity index (χ1v) is 6.94. The first-order chi connectivity index (χ1) is 9.33. The van der Waals surface area contributed by atoms with E-state index in [-0.39, 0.29) is 0 Å². The molecule has 1 aromatic carbocycles. The topological polar surface area (TPSA) is 0 Å². The Morgan fingerprint density at radius 3 is 2.68 bits per heavy atom. The Morgan fingerprint density at radius 2 is 1.95 bits per heavy atom. The van der Waals surface area contributed by atoms with Crippen molar-refractivity contribution in [2.45, 2.75) is 25.2 Å². The van der Waals surface area contributed by atoms with Gasteiger partial charge in [-0.15, -0.1) is 0 Å². The molecule has 1 aromatic rings. The molecule has 0 saturated carbocycles. The van der Waals surface area contributed by atoms with E-state index >= 15 is 0 Å². The first kappa shape index (κ1) is 12.3. The first-order valence-electron chi connectivity index (χ1n) is 6.94. The third-order valence-electron chi connectivity index (χ3n) is 3.71. The summed E-state index contributed by atoms with van der Waals surface area (Å²) in [5.41, 5.74) is 4.72. The van der Waals surface area contributed by atoms with E-state index in [9.17, 15) is 0 Å². The van der Waals surface area contributed by atoms with Gasteiger partial charge in [0.15, 0.2) is 0 Å². The molecule has 0 bridgehead atoms. The number of hydrogen-bond donors (Lipinski definition) is 0. The predicted molar refractivity (Wildman–Crippen MR) is 83.8 cm³/mol. The fourth-order valence-electron chi connectivity index (χ4n) is 2.71. The molecule has 2 aliphatic carbocycles. The zero-order valence-electron chi connectivity index (χ0n) is 11.0. The van der Waals surface area contributed by atoms with Crippen LogP contribution in [0.1, 0.15) is 36.3 Å². The highest BCUT2D eigenvalue weighted by atomic mass is 14.1. The van der Waals surface area contributed by atoms with Gasteiger partial charge >= 0.3 is 0 Å². The second-order valence-electron chi connectivity index (χ2n) is 5.18. The summed E-state index contributed by atoms with van der Waals surface area (Å²) < 4.78 is 0. The maximum atomic E-state index is 6.08. The molecule has 0 nitrogen and oxygen atoms in total. The second-order valence-corrected chi connectivity index (χ2v) is 5.18. The van der Waals surface area contributed by atoms with Gasteiger partial charge in [-0.2, -0.15) is 0 Å². The molecular weight excluding hydrogens is 227 g/mol. The number of allylic oxidation sites excluding steroid dienone is 8. The normalized spacial score (nSPS) is 21.5. The van der Waals surface area contributed by atoms with E-state index in [0.717, 1.165) is 24.7 Å². The summed E-state index contributed by atoms with van der Waals surface area (Å²) in [4.78, 5) is 0. The van der Waals surface area contributed by atoms with Gasteiger partial charge in [0.2, 0.25) is 0 Å². The molecule has 1 atom stereocenters. The number of hydrogen-bond acceptors (Lipinski definition) is 0. The smallest absolute Gasteiger partial charge is 0.0958 e. The molecule has 2 radical (unpaired) electrons. The van der Waals surface area contributed by atoms with Crippen molar-refractivity contribution in [2.75, 3.05) is 0 Å². The van der Waals surface area contributed by atoms with Crippen molar-refractivity contribution in [3.63, 3.8) is 0 Å². The van der Waals surface area contributed by atoms with Crippen LogP contribution in [0.25, 0.3) is 5.57 Å². The van der Waals surface area contributed by atoms with Crippen molar-refractivity contribution in [2.24, 2.45) is 0 Å². The van der Waals surface area contributed by atoms with Gasteiger partial charge in [-0.1, -0.05) is 66.2 Å². The lowest BCUT2D eigenvalue weighted by molar-refractivity contribution is 0.854. The van der Waals surface area contributed by atoms with Gasteiger partial charge in [0.1, 0.15) is 7.85 Å². The maximum Gasteiger partial charge on any atom is 0.113 e. The molecule has 1 unspecified atom stereocenters. The van der Waals surface area contributed by atoms with Gasteiger partial charge in [0.05, 0.1) is 0 Å². The molecule has 0 aliphatic heterocycles. The lowest BCUT2D eigenvalue weighted by Gasteiger charge is -2.17. The van der Waals surface area contributed by atoms with Crippen LogP contribution in [0.15, 0.2) is 60.7 Å². The molecule has 2 aliphatic rings. The number of benzene rings is 1. The van der Waals surface area contributed by atoms with Crippen LogP contribution >= 0.6 is 0 Å². The molecule has 3 rings (SSSR count). The van der Waals surface area contributed by atoms with E-state index in [4.69, 9.17) is 7.85 Å². The quantitative estimate of drug-likeness (QED) is 0.694. The van der Waals surface area contributed by atoms with Crippen LogP contribution in [0, 0.1) is 0 Å². The second kappa shape index (κ2) is 5.48. The van der Waals surface area contributed by atoms with E-state index in [1.54, 1.807) is 0 Å². The Kier molecular flexibility index (Phi) is 3.54. The van der Waals surface area contributed by atoms with Crippen LogP contribution in [0.2, 0.25) is 0 Å². The largest absolute Gasteiger partial charge is 0.113 e. The molecule has 19 heavy (non-hydrogen) atoms. The fourth-order valence-corrected chi connectivity index (χ4v) is 2.71. The van der Waals surface area contributed by atoms with Gasteiger partial charge in [-0.3, -0.25) is 0 Å². The SMILES string of the molecule is [B]c1cc(C2=CCCC=C2)cc(C2C=CC=CC2)c1. The summed E-state index contributed by atoms with van der Waals surface area (Å²) >= 11 is 0. The Balaban J connectivity index is 1.96. The summed E-state index contributed by atoms with van der Waals surface area (Å²) in [6.45, 7) is 0. The van der Waals surface area contributed by atoms with Gasteiger partial charge in [-0.05, 0) is 36.0 Å². The van der Waals surface area contributed by atoms with Crippen LogP contribution in [-0.2, 0) is 0 Å². The highest BCUT2D eigenvalue weighted by molar-refractivity contribution is 6.32. The van der Waals surface area contributed by atoms with Crippen molar-refractivity contribution < 1.29 is 0 Å². The molecule has 0 amide bonds. The Morgan fingerprint density at radius 1 is 1.00 bits per heavy atom. The van der Waals surface area contributed by atoms with E-state index < -0.39 is 0 Å². The molecule has 0 heterocycles. The lowest BCUT2D eigenvalue weighted by Crippen LogP contribution is -2.08. The third-order valence-corrected chi connectivity index (χ3v) is 3.71.